The molecule has 0 aliphatic rings. The summed E-state index contributed by atoms with van der Waals surface area (Å²) in [5, 5.41) is 0. The standard InChI is InChI=1S/C10H18/c1-4-7-8-9-10(5-2)6-3/h8-10H,1-2,4-7H2,3H3. The molecule has 0 spiro atoms. The summed E-state index contributed by atoms with van der Waals surface area (Å²) < 4.78 is 0. The molecule has 0 aliphatic carbocycles. The fourth-order valence-electron chi connectivity index (χ4n) is 0.843. The molecule has 0 aromatic carbocycles. The van der Waals surface area contributed by atoms with Crippen LogP contribution in [0.5, 0.6) is 0 Å². The second-order valence-corrected chi connectivity index (χ2v) is 2.53. The highest BCUT2D eigenvalue weighted by molar-refractivity contribution is 4.88. The Morgan fingerprint density at radius 3 is 2.50 bits per heavy atom. The first-order valence-corrected chi connectivity index (χ1v) is 4.10. The summed E-state index contributed by atoms with van der Waals surface area (Å²) in [6, 6.07) is 0. The zero-order chi connectivity index (χ0) is 7.82. The second kappa shape index (κ2) is 6.85. The lowest BCUT2D eigenvalue weighted by Gasteiger charge is -2.03. The first-order chi connectivity index (χ1) is 4.85. The van der Waals surface area contributed by atoms with Gasteiger partial charge in [0.25, 0.3) is 0 Å². The van der Waals surface area contributed by atoms with Gasteiger partial charge in [0.1, 0.15) is 0 Å². The summed E-state index contributed by atoms with van der Waals surface area (Å²) in [5.41, 5.74) is 0. The molecule has 0 bridgehead atoms. The summed E-state index contributed by atoms with van der Waals surface area (Å²) in [5.74, 6) is 0.687. The molecule has 0 aromatic heterocycles. The number of hydrogen-bond donors (Lipinski definition) is 0. The quantitative estimate of drug-likeness (QED) is 0.511. The van der Waals surface area contributed by atoms with Crippen LogP contribution in [-0.4, -0.2) is 0 Å². The van der Waals surface area contributed by atoms with E-state index >= 15 is 0 Å². The molecule has 0 aromatic rings. The minimum Gasteiger partial charge on any atom is -0.0883 e. The van der Waals surface area contributed by atoms with Crippen molar-refractivity contribution in [3.63, 3.8) is 0 Å². The maximum atomic E-state index is 3.87. The van der Waals surface area contributed by atoms with E-state index in [0.29, 0.717) is 5.92 Å². The fourth-order valence-corrected chi connectivity index (χ4v) is 0.843. The first-order valence-electron chi connectivity index (χ1n) is 4.10. The van der Waals surface area contributed by atoms with Gasteiger partial charge in [-0.3, -0.25) is 0 Å². The van der Waals surface area contributed by atoms with Gasteiger partial charge >= 0.3 is 0 Å². The fraction of sp³-hybridized carbons (Fsp3) is 0.600. The Morgan fingerprint density at radius 2 is 2.10 bits per heavy atom. The Bertz CT molecular complexity index is 78.0. The van der Waals surface area contributed by atoms with E-state index in [1.807, 2.05) is 0 Å². The molecule has 0 saturated heterocycles. The molecule has 0 fully saturated rings. The molecule has 1 atom stereocenters. The van der Waals surface area contributed by atoms with Crippen molar-refractivity contribution < 1.29 is 0 Å². The van der Waals surface area contributed by atoms with Crippen LogP contribution in [0.15, 0.2) is 12.2 Å². The molecule has 10 heavy (non-hydrogen) atoms. The highest BCUT2D eigenvalue weighted by Gasteiger charge is 1.94. The zero-order valence-corrected chi connectivity index (χ0v) is 6.97. The minimum absolute atomic E-state index is 0.687. The summed E-state index contributed by atoms with van der Waals surface area (Å²) in [7, 11) is 0. The highest BCUT2D eigenvalue weighted by atomic mass is 14.0. The van der Waals surface area contributed by atoms with Gasteiger partial charge in [0.2, 0.25) is 0 Å². The van der Waals surface area contributed by atoms with Crippen LogP contribution < -0.4 is 0 Å². The average Bonchev–Trinajstić information content (AvgIpc) is 1.99. The molecular formula is C10H18. The van der Waals surface area contributed by atoms with Crippen LogP contribution >= 0.6 is 0 Å². The van der Waals surface area contributed by atoms with Gasteiger partial charge in [-0.2, -0.15) is 0 Å². The van der Waals surface area contributed by atoms with Crippen LogP contribution in [0.2, 0.25) is 0 Å². The second-order valence-electron chi connectivity index (χ2n) is 2.53. The lowest BCUT2D eigenvalue weighted by molar-refractivity contribution is 0.634. The van der Waals surface area contributed by atoms with E-state index in [1.165, 1.54) is 6.42 Å². The van der Waals surface area contributed by atoms with E-state index in [2.05, 4.69) is 32.9 Å². The first kappa shape index (κ1) is 9.74. The average molecular weight is 138 g/mol. The van der Waals surface area contributed by atoms with Crippen LogP contribution in [-0.2, 0) is 0 Å². The Kier molecular flexibility index (Phi) is 6.68. The largest absolute Gasteiger partial charge is 0.0883 e. The van der Waals surface area contributed by atoms with E-state index in [0.717, 1.165) is 19.3 Å². The molecule has 58 valence electrons. The van der Waals surface area contributed by atoms with Crippen molar-refractivity contribution in [1.29, 1.82) is 0 Å². The summed E-state index contributed by atoms with van der Waals surface area (Å²) in [6.45, 7) is 9.83. The molecule has 0 nitrogen and oxygen atoms in total. The zero-order valence-electron chi connectivity index (χ0n) is 6.97. The van der Waals surface area contributed by atoms with Gasteiger partial charge < -0.3 is 0 Å². The Morgan fingerprint density at radius 1 is 1.40 bits per heavy atom. The molecule has 1 unspecified atom stereocenters. The van der Waals surface area contributed by atoms with Crippen LogP contribution in [0.3, 0.4) is 0 Å². The molecular weight excluding hydrogens is 120 g/mol. The van der Waals surface area contributed by atoms with E-state index in [9.17, 15) is 0 Å². The minimum atomic E-state index is 0.687. The maximum absolute atomic E-state index is 3.87. The number of rotatable bonds is 5. The summed E-state index contributed by atoms with van der Waals surface area (Å²) >= 11 is 0. The molecule has 0 amide bonds. The smallest absolute Gasteiger partial charge is 0.0236 e. The van der Waals surface area contributed by atoms with Crippen molar-refractivity contribution in [2.45, 2.75) is 32.6 Å². The third-order valence-corrected chi connectivity index (χ3v) is 1.67. The molecule has 0 aliphatic heterocycles. The monoisotopic (exact) mass is 138 g/mol. The molecule has 0 saturated carbocycles. The van der Waals surface area contributed by atoms with Crippen LogP contribution in [0.1, 0.15) is 32.6 Å². The third kappa shape index (κ3) is 4.60. The summed E-state index contributed by atoms with van der Waals surface area (Å²) in [6.07, 6.45) is 8.81. The topological polar surface area (TPSA) is 0 Å². The van der Waals surface area contributed by atoms with Gasteiger partial charge in [-0.25, -0.2) is 0 Å². The van der Waals surface area contributed by atoms with E-state index in [4.69, 9.17) is 0 Å². The predicted octanol–water partition coefficient (Wildman–Crippen LogP) is 3.41. The van der Waals surface area contributed by atoms with Crippen molar-refractivity contribution in [3.8, 4) is 0 Å². The van der Waals surface area contributed by atoms with Crippen molar-refractivity contribution in [3.05, 3.63) is 26.0 Å². The van der Waals surface area contributed by atoms with E-state index < -0.39 is 0 Å². The number of allylic oxidation sites excluding steroid dienone is 2. The third-order valence-electron chi connectivity index (χ3n) is 1.67. The van der Waals surface area contributed by atoms with Crippen molar-refractivity contribution >= 4 is 0 Å². The lowest BCUT2D eigenvalue weighted by atomic mass is 10.0. The van der Waals surface area contributed by atoms with Gasteiger partial charge in [0, 0.05) is 0 Å². The van der Waals surface area contributed by atoms with Gasteiger partial charge in [-0.05, 0) is 31.6 Å². The molecule has 2 radical (unpaired) electrons. The van der Waals surface area contributed by atoms with Crippen LogP contribution in [0.25, 0.3) is 0 Å². The molecule has 0 N–H and O–H groups in total. The maximum Gasteiger partial charge on any atom is -0.0236 e. The number of unbranched alkanes of at least 4 members (excludes halogenated alkanes) is 1. The van der Waals surface area contributed by atoms with Crippen LogP contribution in [0, 0.1) is 19.8 Å². The molecule has 0 rings (SSSR count). The normalized spacial score (nSPS) is 11.6. The molecule has 0 heteroatoms. The van der Waals surface area contributed by atoms with Crippen LogP contribution in [0.4, 0.5) is 0 Å². The van der Waals surface area contributed by atoms with Crippen molar-refractivity contribution in [2.24, 2.45) is 5.92 Å². The Balaban J connectivity index is 3.40. The number of hydrogen-bond acceptors (Lipinski definition) is 0. The summed E-state index contributed by atoms with van der Waals surface area (Å²) in [4.78, 5) is 0. The predicted molar refractivity (Wildman–Crippen MR) is 47.5 cm³/mol. The SMILES string of the molecule is [CH2]CCC=CC(C[CH2])CC. The molecule has 0 heterocycles. The highest BCUT2D eigenvalue weighted by Crippen LogP contribution is 2.08. The Hall–Kier alpha value is -0.260. The van der Waals surface area contributed by atoms with E-state index in [1.54, 1.807) is 0 Å². The lowest BCUT2D eigenvalue weighted by Crippen LogP contribution is -1.89. The van der Waals surface area contributed by atoms with Crippen molar-refractivity contribution in [1.82, 2.24) is 0 Å². The Labute approximate surface area is 65.3 Å². The van der Waals surface area contributed by atoms with Crippen molar-refractivity contribution in [2.75, 3.05) is 0 Å². The van der Waals surface area contributed by atoms with Gasteiger partial charge in [0.05, 0.1) is 0 Å². The van der Waals surface area contributed by atoms with Gasteiger partial charge in [-0.15, -0.1) is 0 Å². The van der Waals surface area contributed by atoms with Gasteiger partial charge in [0.15, 0.2) is 0 Å². The van der Waals surface area contributed by atoms with E-state index in [-0.39, 0.29) is 0 Å². The van der Waals surface area contributed by atoms with Gasteiger partial charge in [-0.1, -0.05) is 32.9 Å².